The lowest BCUT2D eigenvalue weighted by molar-refractivity contribution is 0.660. The Morgan fingerprint density at radius 2 is 0.933 bits per heavy atom. The molecule has 0 unspecified atom stereocenters. The average molecular weight is 769 g/mol. The van der Waals surface area contributed by atoms with E-state index >= 15 is 0 Å². The molecule has 1 aliphatic rings. The second-order valence-electron chi connectivity index (χ2n) is 16.5. The van der Waals surface area contributed by atoms with Crippen molar-refractivity contribution in [3.05, 3.63) is 217 Å². The molecule has 0 amide bonds. The second-order valence-corrected chi connectivity index (χ2v) is 16.5. The number of nitrogens with zero attached hydrogens (tertiary/aromatic N) is 2. The molecule has 0 saturated heterocycles. The van der Waals surface area contributed by atoms with Crippen molar-refractivity contribution in [1.82, 2.24) is 4.57 Å². The van der Waals surface area contributed by atoms with E-state index in [2.05, 4.69) is 217 Å². The molecule has 0 atom stereocenters. The minimum atomic E-state index is -0.229. The van der Waals surface area contributed by atoms with Gasteiger partial charge < -0.3 is 13.9 Å². The van der Waals surface area contributed by atoms with Crippen LogP contribution in [0.1, 0.15) is 25.0 Å². The number of fused-ring (bicyclic) bond motifs is 9. The van der Waals surface area contributed by atoms with Gasteiger partial charge in [-0.25, -0.2) is 0 Å². The number of para-hydroxylation sites is 4. The van der Waals surface area contributed by atoms with Crippen LogP contribution in [0.4, 0.5) is 17.1 Å². The monoisotopic (exact) mass is 768 g/mol. The zero-order valence-electron chi connectivity index (χ0n) is 33.4. The molecular formula is C57H40N2O. The fourth-order valence-corrected chi connectivity index (χ4v) is 9.84. The molecular weight excluding hydrogens is 729 g/mol. The molecule has 284 valence electrons. The zero-order chi connectivity index (χ0) is 40.0. The van der Waals surface area contributed by atoms with Crippen molar-refractivity contribution in [2.45, 2.75) is 19.3 Å². The fourth-order valence-electron chi connectivity index (χ4n) is 9.84. The predicted molar refractivity (Wildman–Crippen MR) is 251 cm³/mol. The number of anilines is 3. The summed E-state index contributed by atoms with van der Waals surface area (Å²) in [5.41, 5.74) is 18.4. The minimum absolute atomic E-state index is 0.229. The van der Waals surface area contributed by atoms with Gasteiger partial charge in [-0.05, 0) is 106 Å². The molecule has 60 heavy (non-hydrogen) atoms. The van der Waals surface area contributed by atoms with Crippen LogP contribution in [0.15, 0.2) is 211 Å². The van der Waals surface area contributed by atoms with Gasteiger partial charge in [-0.1, -0.05) is 153 Å². The van der Waals surface area contributed by atoms with Crippen molar-refractivity contribution in [2.24, 2.45) is 0 Å². The molecule has 11 aromatic rings. The summed E-state index contributed by atoms with van der Waals surface area (Å²) in [5.74, 6) is 0. The van der Waals surface area contributed by atoms with Crippen LogP contribution in [0, 0.1) is 0 Å². The summed E-state index contributed by atoms with van der Waals surface area (Å²) in [6, 6.07) is 74.8. The van der Waals surface area contributed by atoms with Gasteiger partial charge >= 0.3 is 0 Å². The molecule has 0 spiro atoms. The number of hydrogen-bond acceptors (Lipinski definition) is 2. The van der Waals surface area contributed by atoms with Gasteiger partial charge in [0, 0.05) is 55.3 Å². The van der Waals surface area contributed by atoms with Crippen molar-refractivity contribution < 1.29 is 4.42 Å². The van der Waals surface area contributed by atoms with E-state index in [0.717, 1.165) is 50.1 Å². The lowest BCUT2D eigenvalue weighted by Gasteiger charge is -2.28. The number of furan rings is 1. The van der Waals surface area contributed by atoms with E-state index in [1.54, 1.807) is 0 Å². The zero-order valence-corrected chi connectivity index (χ0v) is 33.4. The highest BCUT2D eigenvalue weighted by Crippen LogP contribution is 2.52. The maximum Gasteiger partial charge on any atom is 0.143 e. The molecule has 9 aromatic carbocycles. The summed E-state index contributed by atoms with van der Waals surface area (Å²) < 4.78 is 8.87. The molecule has 2 aromatic heterocycles. The summed E-state index contributed by atoms with van der Waals surface area (Å²) in [6.45, 7) is 4.76. The number of rotatable bonds is 6. The summed E-state index contributed by atoms with van der Waals surface area (Å²) >= 11 is 0. The Kier molecular flexibility index (Phi) is 7.58. The van der Waals surface area contributed by atoms with Crippen molar-refractivity contribution in [1.29, 1.82) is 0 Å². The van der Waals surface area contributed by atoms with Gasteiger partial charge in [0.1, 0.15) is 11.2 Å². The Labute approximate surface area is 349 Å². The van der Waals surface area contributed by atoms with Gasteiger partial charge in [0.25, 0.3) is 0 Å². The molecule has 2 heterocycles. The molecule has 12 rings (SSSR count). The van der Waals surface area contributed by atoms with Crippen LogP contribution in [0.25, 0.3) is 82.8 Å². The highest BCUT2D eigenvalue weighted by molar-refractivity contribution is 6.10. The molecule has 0 aliphatic heterocycles. The maximum absolute atomic E-state index is 6.45. The van der Waals surface area contributed by atoms with E-state index < -0.39 is 0 Å². The lowest BCUT2D eigenvalue weighted by atomic mass is 9.82. The summed E-state index contributed by atoms with van der Waals surface area (Å²) in [6.07, 6.45) is 0. The van der Waals surface area contributed by atoms with Crippen molar-refractivity contribution >= 4 is 60.8 Å². The lowest BCUT2D eigenvalue weighted by Crippen LogP contribution is -2.17. The van der Waals surface area contributed by atoms with E-state index in [1.807, 2.05) is 12.1 Å². The van der Waals surface area contributed by atoms with Crippen molar-refractivity contribution in [3.63, 3.8) is 0 Å². The molecule has 0 bridgehead atoms. The first-order valence-electron chi connectivity index (χ1n) is 20.8. The van der Waals surface area contributed by atoms with Gasteiger partial charge in [0.15, 0.2) is 0 Å². The van der Waals surface area contributed by atoms with Gasteiger partial charge in [-0.15, -0.1) is 0 Å². The highest BCUT2D eigenvalue weighted by atomic mass is 16.3. The first kappa shape index (κ1) is 34.4. The minimum Gasteiger partial charge on any atom is -0.455 e. The number of hydrogen-bond donors (Lipinski definition) is 0. The van der Waals surface area contributed by atoms with Crippen LogP contribution >= 0.6 is 0 Å². The third kappa shape index (κ3) is 5.22. The van der Waals surface area contributed by atoms with Crippen LogP contribution in [0.3, 0.4) is 0 Å². The summed E-state index contributed by atoms with van der Waals surface area (Å²) in [7, 11) is 0. The van der Waals surface area contributed by atoms with Gasteiger partial charge in [0.2, 0.25) is 0 Å². The Morgan fingerprint density at radius 1 is 0.400 bits per heavy atom. The van der Waals surface area contributed by atoms with Crippen LogP contribution in [0.2, 0.25) is 0 Å². The molecule has 1 aliphatic carbocycles. The topological polar surface area (TPSA) is 21.3 Å². The molecule has 0 radical (unpaired) electrons. The van der Waals surface area contributed by atoms with Crippen LogP contribution in [-0.2, 0) is 5.41 Å². The SMILES string of the molecule is CC1(C)c2cc(N(c3ccc(-c4ccccc4)cc3)c3ccc(-c4cccc5c4oc4ccccc45)cc3)ccc2-c2ccc(-n3c4ccccc4c4ccccc43)cc21. The van der Waals surface area contributed by atoms with E-state index in [0.29, 0.717) is 0 Å². The standard InChI is InChI=1S/C57H40N2O/c1-57(2)51-35-42(31-33-45(51)46-34-32-43(36-52(46)57)59-53-20-9-6-15-47(53)48-16-7-10-21-54(48)59)58(40-27-23-38(24-28-40)37-13-4-3-5-14-37)41-29-25-39(26-30-41)44-18-12-19-50-49-17-8-11-22-55(49)60-56(44)50/h3-36H,1-2H3. The molecule has 0 fully saturated rings. The van der Waals surface area contributed by atoms with Gasteiger partial charge in [-0.2, -0.15) is 0 Å². The Morgan fingerprint density at radius 3 is 1.63 bits per heavy atom. The summed E-state index contributed by atoms with van der Waals surface area (Å²) in [5, 5.41) is 4.83. The van der Waals surface area contributed by atoms with E-state index in [9.17, 15) is 0 Å². The van der Waals surface area contributed by atoms with Crippen LogP contribution in [-0.4, -0.2) is 4.57 Å². The van der Waals surface area contributed by atoms with Crippen molar-refractivity contribution in [3.8, 4) is 39.1 Å². The largest absolute Gasteiger partial charge is 0.455 e. The Balaban J connectivity index is 0.965. The Hall–Kier alpha value is -7.62. The molecule has 3 heteroatoms. The summed E-state index contributed by atoms with van der Waals surface area (Å²) in [4.78, 5) is 2.39. The number of benzene rings is 9. The second kappa shape index (κ2) is 13.2. The Bertz CT molecular complexity index is 3390. The normalized spacial score (nSPS) is 13.0. The smallest absolute Gasteiger partial charge is 0.143 e. The molecule has 3 nitrogen and oxygen atoms in total. The maximum atomic E-state index is 6.45. The predicted octanol–water partition coefficient (Wildman–Crippen LogP) is 15.8. The first-order chi connectivity index (χ1) is 29.5. The average Bonchev–Trinajstić information content (AvgIpc) is 3.93. The highest BCUT2D eigenvalue weighted by Gasteiger charge is 2.36. The van der Waals surface area contributed by atoms with Crippen molar-refractivity contribution in [2.75, 3.05) is 4.90 Å². The van der Waals surface area contributed by atoms with Gasteiger partial charge in [-0.3, -0.25) is 0 Å². The number of aromatic nitrogens is 1. The quantitative estimate of drug-likeness (QED) is 0.168. The van der Waals surface area contributed by atoms with E-state index in [4.69, 9.17) is 4.42 Å². The molecule has 0 N–H and O–H groups in total. The van der Waals surface area contributed by atoms with E-state index in [1.165, 1.54) is 60.9 Å². The fraction of sp³-hybridized carbons (Fsp3) is 0.0526. The molecule has 0 saturated carbocycles. The first-order valence-corrected chi connectivity index (χ1v) is 20.8. The third-order valence-corrected chi connectivity index (χ3v) is 12.8. The van der Waals surface area contributed by atoms with Crippen LogP contribution < -0.4 is 4.90 Å². The van der Waals surface area contributed by atoms with Gasteiger partial charge in [0.05, 0.1) is 11.0 Å². The van der Waals surface area contributed by atoms with E-state index in [-0.39, 0.29) is 5.41 Å². The third-order valence-electron chi connectivity index (χ3n) is 12.8. The van der Waals surface area contributed by atoms with Crippen LogP contribution in [0.5, 0.6) is 0 Å².